The highest BCUT2D eigenvalue weighted by molar-refractivity contribution is 5.74. The van der Waals surface area contributed by atoms with Crippen molar-refractivity contribution in [3.63, 3.8) is 0 Å². The Labute approximate surface area is 155 Å². The van der Waals surface area contributed by atoms with Crippen LogP contribution >= 0.6 is 0 Å². The molecule has 2 amide bonds. The van der Waals surface area contributed by atoms with E-state index >= 15 is 0 Å². The highest BCUT2D eigenvalue weighted by Crippen LogP contribution is 2.40. The van der Waals surface area contributed by atoms with Crippen LogP contribution in [0, 0.1) is 0 Å². The Morgan fingerprint density at radius 2 is 1.81 bits per heavy atom. The standard InChI is InChI=1S/C22H27N3O/c1-22(2)16-25-13-12-24(15-20(25)18-10-6-7-11-19(18)22)21(26)23-14-17-8-4-3-5-9-17/h3-11,20H,12-16H2,1-2H3,(H,23,26). The molecule has 0 aromatic heterocycles. The Balaban J connectivity index is 1.47. The smallest absolute Gasteiger partial charge is 0.317 e. The fourth-order valence-electron chi connectivity index (χ4n) is 4.37. The lowest BCUT2D eigenvalue weighted by Gasteiger charge is -2.49. The lowest BCUT2D eigenvalue weighted by atomic mass is 9.75. The average Bonchev–Trinajstić information content (AvgIpc) is 2.66. The molecule has 2 aromatic carbocycles. The number of hydrogen-bond donors (Lipinski definition) is 1. The molecule has 4 nitrogen and oxygen atoms in total. The van der Waals surface area contributed by atoms with Crippen LogP contribution in [0.4, 0.5) is 4.79 Å². The molecule has 1 fully saturated rings. The van der Waals surface area contributed by atoms with Crippen molar-refractivity contribution in [3.8, 4) is 0 Å². The van der Waals surface area contributed by atoms with Gasteiger partial charge in [-0.2, -0.15) is 0 Å². The van der Waals surface area contributed by atoms with E-state index in [4.69, 9.17) is 0 Å². The minimum atomic E-state index is 0.0378. The van der Waals surface area contributed by atoms with E-state index < -0.39 is 0 Å². The maximum absolute atomic E-state index is 12.7. The van der Waals surface area contributed by atoms with Gasteiger partial charge in [-0.25, -0.2) is 4.79 Å². The third-order valence-electron chi connectivity index (χ3n) is 5.71. The van der Waals surface area contributed by atoms with Crippen LogP contribution in [0.2, 0.25) is 0 Å². The molecule has 0 saturated carbocycles. The minimum Gasteiger partial charge on any atom is -0.334 e. The Hall–Kier alpha value is -2.33. The summed E-state index contributed by atoms with van der Waals surface area (Å²) in [6, 6.07) is 19.1. The molecule has 2 aliphatic rings. The summed E-state index contributed by atoms with van der Waals surface area (Å²) in [7, 11) is 0. The summed E-state index contributed by atoms with van der Waals surface area (Å²) in [4.78, 5) is 17.2. The zero-order valence-electron chi connectivity index (χ0n) is 15.6. The minimum absolute atomic E-state index is 0.0378. The first-order valence-corrected chi connectivity index (χ1v) is 9.45. The van der Waals surface area contributed by atoms with E-state index in [1.54, 1.807) is 0 Å². The van der Waals surface area contributed by atoms with Crippen molar-refractivity contribution >= 4 is 6.03 Å². The van der Waals surface area contributed by atoms with Gasteiger partial charge >= 0.3 is 6.03 Å². The van der Waals surface area contributed by atoms with Gasteiger partial charge in [-0.1, -0.05) is 68.4 Å². The predicted octanol–water partition coefficient (Wildman–Crippen LogP) is 3.55. The Bertz CT molecular complexity index is 787. The Morgan fingerprint density at radius 1 is 1.08 bits per heavy atom. The van der Waals surface area contributed by atoms with Gasteiger partial charge in [-0.15, -0.1) is 0 Å². The maximum Gasteiger partial charge on any atom is 0.317 e. The summed E-state index contributed by atoms with van der Waals surface area (Å²) in [5.74, 6) is 0. The second-order valence-corrected chi connectivity index (χ2v) is 8.05. The van der Waals surface area contributed by atoms with Crippen LogP contribution in [0.5, 0.6) is 0 Å². The first-order valence-electron chi connectivity index (χ1n) is 9.45. The first kappa shape index (κ1) is 17.1. The van der Waals surface area contributed by atoms with Crippen molar-refractivity contribution < 1.29 is 4.79 Å². The molecule has 2 aromatic rings. The lowest BCUT2D eigenvalue weighted by Crippen LogP contribution is -2.57. The van der Waals surface area contributed by atoms with Crippen LogP contribution in [0.1, 0.15) is 36.6 Å². The van der Waals surface area contributed by atoms with Crippen LogP contribution in [-0.2, 0) is 12.0 Å². The number of nitrogens with zero attached hydrogens (tertiary/aromatic N) is 2. The topological polar surface area (TPSA) is 35.6 Å². The SMILES string of the molecule is CC1(C)CN2CCN(C(=O)NCc3ccccc3)CC2c2ccccc21. The second-order valence-electron chi connectivity index (χ2n) is 8.05. The molecule has 2 aliphatic heterocycles. The van der Waals surface area contributed by atoms with Gasteiger partial charge in [0.1, 0.15) is 0 Å². The van der Waals surface area contributed by atoms with Crippen LogP contribution in [0.25, 0.3) is 0 Å². The predicted molar refractivity (Wildman–Crippen MR) is 104 cm³/mol. The lowest BCUT2D eigenvalue weighted by molar-refractivity contribution is 0.0612. The molecule has 136 valence electrons. The summed E-state index contributed by atoms with van der Waals surface area (Å²) < 4.78 is 0. The van der Waals surface area contributed by atoms with Crippen molar-refractivity contribution in [1.29, 1.82) is 0 Å². The van der Waals surface area contributed by atoms with Gasteiger partial charge in [-0.05, 0) is 16.7 Å². The number of rotatable bonds is 2. The summed E-state index contributed by atoms with van der Waals surface area (Å²) in [6.45, 7) is 8.74. The van der Waals surface area contributed by atoms with Crippen molar-refractivity contribution in [3.05, 3.63) is 71.3 Å². The fourth-order valence-corrected chi connectivity index (χ4v) is 4.37. The van der Waals surface area contributed by atoms with Crippen LogP contribution in [-0.4, -0.2) is 42.0 Å². The molecule has 1 atom stereocenters. The molecule has 26 heavy (non-hydrogen) atoms. The van der Waals surface area contributed by atoms with Crippen molar-refractivity contribution in [2.45, 2.75) is 31.8 Å². The van der Waals surface area contributed by atoms with Crippen molar-refractivity contribution in [2.24, 2.45) is 0 Å². The fraction of sp³-hybridized carbons (Fsp3) is 0.409. The molecular formula is C22H27N3O. The molecule has 0 spiro atoms. The van der Waals surface area contributed by atoms with Crippen molar-refractivity contribution in [1.82, 2.24) is 15.1 Å². The normalized spacial score (nSPS) is 21.6. The molecule has 0 aliphatic carbocycles. The van der Waals surface area contributed by atoms with E-state index in [0.29, 0.717) is 12.6 Å². The van der Waals surface area contributed by atoms with Crippen LogP contribution in [0.15, 0.2) is 54.6 Å². The highest BCUT2D eigenvalue weighted by atomic mass is 16.2. The summed E-state index contributed by atoms with van der Waals surface area (Å²) in [6.07, 6.45) is 0. The van der Waals surface area contributed by atoms with Crippen LogP contribution < -0.4 is 5.32 Å². The first-order chi connectivity index (χ1) is 12.5. The molecule has 4 heteroatoms. The van der Waals surface area contributed by atoms with Gasteiger partial charge in [0.15, 0.2) is 0 Å². The molecule has 1 N–H and O–H groups in total. The number of fused-ring (bicyclic) bond motifs is 3. The van der Waals surface area contributed by atoms with Gasteiger partial charge in [0.25, 0.3) is 0 Å². The number of hydrogen-bond acceptors (Lipinski definition) is 2. The molecular weight excluding hydrogens is 322 g/mol. The summed E-state index contributed by atoms with van der Waals surface area (Å²) >= 11 is 0. The molecule has 1 unspecified atom stereocenters. The number of nitrogens with one attached hydrogen (secondary N) is 1. The van der Waals surface area contributed by atoms with E-state index in [9.17, 15) is 4.79 Å². The highest BCUT2D eigenvalue weighted by Gasteiger charge is 2.40. The van der Waals surface area contributed by atoms with E-state index in [2.05, 4.69) is 48.3 Å². The van der Waals surface area contributed by atoms with E-state index in [0.717, 1.165) is 31.7 Å². The zero-order valence-corrected chi connectivity index (χ0v) is 15.6. The monoisotopic (exact) mass is 349 g/mol. The number of amides is 2. The molecule has 1 saturated heterocycles. The van der Waals surface area contributed by atoms with E-state index in [1.165, 1.54) is 11.1 Å². The van der Waals surface area contributed by atoms with Gasteiger partial charge in [0.2, 0.25) is 0 Å². The molecule has 2 heterocycles. The third-order valence-corrected chi connectivity index (χ3v) is 5.71. The number of carbonyl (C=O) groups excluding carboxylic acids is 1. The second kappa shape index (κ2) is 6.76. The van der Waals surface area contributed by atoms with E-state index in [-0.39, 0.29) is 11.4 Å². The number of piperazine rings is 1. The third kappa shape index (κ3) is 3.21. The number of urea groups is 1. The number of benzene rings is 2. The summed E-state index contributed by atoms with van der Waals surface area (Å²) in [5.41, 5.74) is 4.09. The van der Waals surface area contributed by atoms with Gasteiger partial charge in [0.05, 0.1) is 6.04 Å². The Morgan fingerprint density at radius 3 is 2.62 bits per heavy atom. The van der Waals surface area contributed by atoms with E-state index in [1.807, 2.05) is 35.2 Å². The van der Waals surface area contributed by atoms with Gasteiger partial charge in [0, 0.05) is 38.1 Å². The average molecular weight is 349 g/mol. The molecule has 4 rings (SSSR count). The van der Waals surface area contributed by atoms with Crippen molar-refractivity contribution in [2.75, 3.05) is 26.2 Å². The van der Waals surface area contributed by atoms with Gasteiger partial charge in [-0.3, -0.25) is 4.90 Å². The maximum atomic E-state index is 12.7. The quantitative estimate of drug-likeness (QED) is 0.900. The number of carbonyl (C=O) groups is 1. The van der Waals surface area contributed by atoms with Gasteiger partial charge < -0.3 is 10.2 Å². The molecule has 0 radical (unpaired) electrons. The zero-order chi connectivity index (χ0) is 18.1. The largest absolute Gasteiger partial charge is 0.334 e. The van der Waals surface area contributed by atoms with Crippen LogP contribution in [0.3, 0.4) is 0 Å². The molecule has 0 bridgehead atoms. The Kier molecular flexibility index (Phi) is 4.45. The summed E-state index contributed by atoms with van der Waals surface area (Å²) in [5, 5.41) is 3.07.